The minimum atomic E-state index is -4.68. The molecule has 0 amide bonds. The molecular weight excluding hydrogens is 304 g/mol. The van der Waals surface area contributed by atoms with E-state index in [1.165, 1.54) is 24.3 Å². The van der Waals surface area contributed by atoms with Crippen molar-refractivity contribution in [1.29, 1.82) is 0 Å². The third kappa shape index (κ3) is 4.04. The summed E-state index contributed by atoms with van der Waals surface area (Å²) in [6.45, 7) is -0.309. The molecule has 0 unspecified atom stereocenters. The maximum absolute atomic E-state index is 13.5. The fourth-order valence-corrected chi connectivity index (χ4v) is 1.60. The van der Waals surface area contributed by atoms with Gasteiger partial charge in [0.2, 0.25) is 5.95 Å². The molecule has 5 nitrogen and oxygen atoms in total. The van der Waals surface area contributed by atoms with E-state index in [-0.39, 0.29) is 30.6 Å². The molecular formula is C13H12F4N4O. The first-order valence-corrected chi connectivity index (χ1v) is 6.22. The zero-order valence-electron chi connectivity index (χ0n) is 11.2. The van der Waals surface area contributed by atoms with Gasteiger partial charge in [-0.25, -0.2) is 9.37 Å². The van der Waals surface area contributed by atoms with Gasteiger partial charge in [-0.2, -0.15) is 18.2 Å². The van der Waals surface area contributed by atoms with Crippen LogP contribution >= 0.6 is 0 Å². The molecule has 1 aromatic heterocycles. The smallest absolute Gasteiger partial charge is 0.395 e. The van der Waals surface area contributed by atoms with E-state index >= 15 is 0 Å². The molecule has 0 saturated carbocycles. The lowest BCUT2D eigenvalue weighted by Crippen LogP contribution is -2.15. The van der Waals surface area contributed by atoms with E-state index in [1.807, 2.05) is 0 Å². The maximum atomic E-state index is 13.5. The topological polar surface area (TPSA) is 70.1 Å². The van der Waals surface area contributed by atoms with Crippen LogP contribution in [0.3, 0.4) is 0 Å². The lowest BCUT2D eigenvalue weighted by atomic mass is 10.3. The third-order valence-corrected chi connectivity index (χ3v) is 2.55. The van der Waals surface area contributed by atoms with Crippen LogP contribution in [0.4, 0.5) is 35.0 Å². The highest BCUT2D eigenvalue weighted by Crippen LogP contribution is 2.30. The van der Waals surface area contributed by atoms with Crippen molar-refractivity contribution in [2.75, 3.05) is 23.8 Å². The van der Waals surface area contributed by atoms with Crippen molar-refractivity contribution in [3.05, 3.63) is 41.8 Å². The van der Waals surface area contributed by atoms with Crippen molar-refractivity contribution in [2.45, 2.75) is 6.18 Å². The van der Waals surface area contributed by atoms with Gasteiger partial charge in [0.25, 0.3) is 0 Å². The average Bonchev–Trinajstić information content (AvgIpc) is 2.46. The summed E-state index contributed by atoms with van der Waals surface area (Å²) in [4.78, 5) is 7.12. The number of alkyl halides is 3. The second-order valence-corrected chi connectivity index (χ2v) is 4.22. The lowest BCUT2D eigenvalue weighted by molar-refractivity contribution is -0.141. The molecule has 0 saturated heterocycles. The fraction of sp³-hybridized carbons (Fsp3) is 0.231. The molecule has 3 N–H and O–H groups in total. The van der Waals surface area contributed by atoms with Crippen molar-refractivity contribution in [2.24, 2.45) is 0 Å². The molecule has 22 heavy (non-hydrogen) atoms. The quantitative estimate of drug-likeness (QED) is 0.740. The molecule has 1 heterocycles. The molecule has 0 aliphatic rings. The summed E-state index contributed by atoms with van der Waals surface area (Å²) in [5.74, 6) is -1.16. The molecule has 0 fully saturated rings. The van der Waals surface area contributed by atoms with Crippen molar-refractivity contribution in [3.63, 3.8) is 0 Å². The van der Waals surface area contributed by atoms with Crippen LogP contribution in [0.25, 0.3) is 0 Å². The Morgan fingerprint density at radius 1 is 1.14 bits per heavy atom. The minimum Gasteiger partial charge on any atom is -0.395 e. The number of nitrogens with zero attached hydrogens (tertiary/aromatic N) is 2. The Balaban J connectivity index is 2.35. The van der Waals surface area contributed by atoms with Crippen LogP contribution in [-0.4, -0.2) is 28.2 Å². The van der Waals surface area contributed by atoms with Gasteiger partial charge in [-0.15, -0.1) is 0 Å². The summed E-state index contributed by atoms with van der Waals surface area (Å²) in [6, 6.07) is 6.19. The summed E-state index contributed by atoms with van der Waals surface area (Å²) >= 11 is 0. The van der Waals surface area contributed by atoms with Crippen molar-refractivity contribution < 1.29 is 22.7 Å². The number of hydrogen-bond acceptors (Lipinski definition) is 5. The van der Waals surface area contributed by atoms with Gasteiger partial charge in [-0.05, 0) is 12.1 Å². The van der Waals surface area contributed by atoms with Gasteiger partial charge < -0.3 is 15.7 Å². The SMILES string of the molecule is OCCNc1nc(Nc2ccccc2F)cc(C(F)(F)F)n1. The molecule has 0 bridgehead atoms. The summed E-state index contributed by atoms with van der Waals surface area (Å²) in [5.41, 5.74) is -1.19. The van der Waals surface area contributed by atoms with E-state index in [0.717, 1.165) is 0 Å². The van der Waals surface area contributed by atoms with Gasteiger partial charge in [-0.3, -0.25) is 0 Å². The minimum absolute atomic E-state index is 0.0116. The number of hydrogen-bond donors (Lipinski definition) is 3. The first kappa shape index (κ1) is 16.0. The second kappa shape index (κ2) is 6.56. The number of aliphatic hydroxyl groups excluding tert-OH is 1. The molecule has 0 spiro atoms. The van der Waals surface area contributed by atoms with Crippen LogP contribution in [-0.2, 0) is 6.18 Å². The molecule has 2 rings (SSSR count). The Morgan fingerprint density at radius 2 is 1.86 bits per heavy atom. The number of aromatic nitrogens is 2. The molecule has 9 heteroatoms. The van der Waals surface area contributed by atoms with Crippen molar-refractivity contribution >= 4 is 17.5 Å². The second-order valence-electron chi connectivity index (χ2n) is 4.22. The highest BCUT2D eigenvalue weighted by molar-refractivity contribution is 5.58. The predicted molar refractivity (Wildman–Crippen MR) is 72.3 cm³/mol. The number of aliphatic hydroxyl groups is 1. The zero-order valence-corrected chi connectivity index (χ0v) is 11.2. The summed E-state index contributed by atoms with van der Waals surface area (Å²) in [5, 5.41) is 13.6. The van der Waals surface area contributed by atoms with E-state index < -0.39 is 17.7 Å². The first-order valence-electron chi connectivity index (χ1n) is 6.22. The van der Waals surface area contributed by atoms with Crippen LogP contribution in [0.2, 0.25) is 0 Å². The Labute approximate surface area is 123 Å². The van der Waals surface area contributed by atoms with E-state index in [1.54, 1.807) is 0 Å². The van der Waals surface area contributed by atoms with Gasteiger partial charge in [0.05, 0.1) is 12.3 Å². The largest absolute Gasteiger partial charge is 0.433 e. The number of para-hydroxylation sites is 1. The average molecular weight is 316 g/mol. The molecule has 0 atom stereocenters. The van der Waals surface area contributed by atoms with Gasteiger partial charge in [0.1, 0.15) is 11.6 Å². The van der Waals surface area contributed by atoms with Crippen molar-refractivity contribution in [1.82, 2.24) is 9.97 Å². The van der Waals surface area contributed by atoms with Crippen molar-refractivity contribution in [3.8, 4) is 0 Å². The maximum Gasteiger partial charge on any atom is 0.433 e. The van der Waals surface area contributed by atoms with Crippen LogP contribution < -0.4 is 10.6 Å². The summed E-state index contributed by atoms with van der Waals surface area (Å²) in [7, 11) is 0. The lowest BCUT2D eigenvalue weighted by Gasteiger charge is -2.12. The Bertz CT molecular complexity index is 648. The standard InChI is InChI=1S/C13H12F4N4O/c14-8-3-1-2-4-9(8)19-11-7-10(13(15,16)17)20-12(21-11)18-5-6-22/h1-4,7,22H,5-6H2,(H2,18,19,20,21). The molecule has 2 aromatic rings. The fourth-order valence-electron chi connectivity index (χ4n) is 1.60. The van der Waals surface area contributed by atoms with Crippen LogP contribution in [0.5, 0.6) is 0 Å². The number of rotatable bonds is 5. The number of halogens is 4. The van der Waals surface area contributed by atoms with Gasteiger partial charge in [-0.1, -0.05) is 12.1 Å². The predicted octanol–water partition coefficient (Wildman–Crippen LogP) is 2.78. The molecule has 118 valence electrons. The van der Waals surface area contributed by atoms with E-state index in [0.29, 0.717) is 6.07 Å². The molecule has 0 aliphatic heterocycles. The molecule has 1 aromatic carbocycles. The Hall–Kier alpha value is -2.42. The van der Waals surface area contributed by atoms with Crippen LogP contribution in [0.15, 0.2) is 30.3 Å². The van der Waals surface area contributed by atoms with Crippen LogP contribution in [0.1, 0.15) is 5.69 Å². The summed E-state index contributed by atoms with van der Waals surface area (Å²) in [6.07, 6.45) is -4.68. The van der Waals surface area contributed by atoms with E-state index in [9.17, 15) is 17.6 Å². The number of benzene rings is 1. The third-order valence-electron chi connectivity index (χ3n) is 2.55. The normalized spacial score (nSPS) is 11.3. The zero-order chi connectivity index (χ0) is 16.2. The Morgan fingerprint density at radius 3 is 2.50 bits per heavy atom. The van der Waals surface area contributed by atoms with E-state index in [2.05, 4.69) is 20.6 Å². The molecule has 0 radical (unpaired) electrons. The number of anilines is 3. The first-order chi connectivity index (χ1) is 10.4. The highest BCUT2D eigenvalue weighted by atomic mass is 19.4. The van der Waals surface area contributed by atoms with Crippen LogP contribution in [0, 0.1) is 5.82 Å². The number of nitrogens with one attached hydrogen (secondary N) is 2. The van der Waals surface area contributed by atoms with Gasteiger partial charge in [0, 0.05) is 12.6 Å². The summed E-state index contributed by atoms with van der Waals surface area (Å²) < 4.78 is 52.0. The highest BCUT2D eigenvalue weighted by Gasteiger charge is 2.33. The monoisotopic (exact) mass is 316 g/mol. The molecule has 0 aliphatic carbocycles. The van der Waals surface area contributed by atoms with Gasteiger partial charge >= 0.3 is 6.18 Å². The Kier molecular flexibility index (Phi) is 4.76. The van der Waals surface area contributed by atoms with Gasteiger partial charge in [0.15, 0.2) is 5.69 Å². The van der Waals surface area contributed by atoms with E-state index in [4.69, 9.17) is 5.11 Å².